The summed E-state index contributed by atoms with van der Waals surface area (Å²) < 4.78 is 13.5. The number of rotatable bonds is 4. The monoisotopic (exact) mass is 260 g/mol. The van der Waals surface area contributed by atoms with E-state index in [4.69, 9.17) is 5.73 Å². The molecule has 4 nitrogen and oxygen atoms in total. The number of halogens is 1. The smallest absolute Gasteiger partial charge is 0.136 e. The van der Waals surface area contributed by atoms with Crippen LogP contribution >= 0.6 is 0 Å². The van der Waals surface area contributed by atoms with Gasteiger partial charge >= 0.3 is 0 Å². The van der Waals surface area contributed by atoms with Crippen molar-refractivity contribution < 1.29 is 4.39 Å². The summed E-state index contributed by atoms with van der Waals surface area (Å²) in [7, 11) is 0. The van der Waals surface area contributed by atoms with Gasteiger partial charge in [-0.15, -0.1) is 0 Å². The number of aryl methyl sites for hydroxylation is 2. The van der Waals surface area contributed by atoms with E-state index in [9.17, 15) is 4.39 Å². The summed E-state index contributed by atoms with van der Waals surface area (Å²) in [6.07, 6.45) is 1.71. The Balaban J connectivity index is 2.24. The Morgan fingerprint density at radius 2 is 2.05 bits per heavy atom. The first-order chi connectivity index (χ1) is 9.08. The van der Waals surface area contributed by atoms with Crippen molar-refractivity contribution in [3.63, 3.8) is 0 Å². The predicted molar refractivity (Wildman–Crippen MR) is 74.9 cm³/mol. The van der Waals surface area contributed by atoms with Crippen molar-refractivity contribution in [1.82, 2.24) is 9.97 Å². The third-order valence-electron chi connectivity index (χ3n) is 2.71. The maximum atomic E-state index is 13.5. The molecule has 0 aliphatic carbocycles. The van der Waals surface area contributed by atoms with E-state index in [-0.39, 0.29) is 5.82 Å². The molecule has 5 heteroatoms. The predicted octanol–water partition coefficient (Wildman–Crippen LogP) is 3.20. The van der Waals surface area contributed by atoms with E-state index in [1.165, 1.54) is 6.07 Å². The van der Waals surface area contributed by atoms with E-state index < -0.39 is 0 Å². The molecule has 1 heterocycles. The molecule has 1 aromatic heterocycles. The molecular weight excluding hydrogens is 243 g/mol. The van der Waals surface area contributed by atoms with E-state index in [0.717, 1.165) is 12.8 Å². The molecule has 0 radical (unpaired) electrons. The number of nitrogen functional groups attached to an aromatic ring is 1. The van der Waals surface area contributed by atoms with Crippen LogP contribution in [0.2, 0.25) is 0 Å². The summed E-state index contributed by atoms with van der Waals surface area (Å²) in [5.41, 5.74) is 6.99. The summed E-state index contributed by atoms with van der Waals surface area (Å²) in [5, 5.41) is 3.04. The Labute approximate surface area is 111 Å². The van der Waals surface area contributed by atoms with E-state index in [2.05, 4.69) is 22.2 Å². The van der Waals surface area contributed by atoms with Crippen molar-refractivity contribution >= 4 is 17.3 Å². The fourth-order valence-corrected chi connectivity index (χ4v) is 1.74. The largest absolute Gasteiger partial charge is 0.384 e. The zero-order valence-corrected chi connectivity index (χ0v) is 11.1. The number of nitrogens with one attached hydrogen (secondary N) is 1. The van der Waals surface area contributed by atoms with Gasteiger partial charge in [0, 0.05) is 18.2 Å². The fraction of sp³-hybridized carbons (Fsp3) is 0.286. The van der Waals surface area contributed by atoms with Gasteiger partial charge in [-0.25, -0.2) is 14.4 Å². The highest BCUT2D eigenvalue weighted by Crippen LogP contribution is 2.19. The maximum absolute atomic E-state index is 13.5. The topological polar surface area (TPSA) is 63.8 Å². The van der Waals surface area contributed by atoms with Gasteiger partial charge in [0.15, 0.2) is 0 Å². The molecule has 0 saturated heterocycles. The molecule has 2 rings (SSSR count). The number of hydrogen-bond acceptors (Lipinski definition) is 4. The molecule has 0 aliphatic heterocycles. The lowest BCUT2D eigenvalue weighted by Crippen LogP contribution is -2.03. The van der Waals surface area contributed by atoms with Crippen LogP contribution in [0.1, 0.15) is 24.7 Å². The van der Waals surface area contributed by atoms with Crippen LogP contribution in [0, 0.1) is 12.7 Å². The number of nitrogens with zero attached hydrogens (tertiary/aromatic N) is 2. The van der Waals surface area contributed by atoms with Crippen molar-refractivity contribution in [3.8, 4) is 0 Å². The van der Waals surface area contributed by atoms with Crippen molar-refractivity contribution in [2.75, 3.05) is 11.1 Å². The molecule has 0 spiro atoms. The number of benzene rings is 1. The number of nitrogens with two attached hydrogens (primary N) is 1. The van der Waals surface area contributed by atoms with E-state index in [1.54, 1.807) is 25.1 Å². The molecule has 19 heavy (non-hydrogen) atoms. The second-order valence-corrected chi connectivity index (χ2v) is 4.43. The summed E-state index contributed by atoms with van der Waals surface area (Å²) in [6.45, 7) is 3.77. The Morgan fingerprint density at radius 1 is 1.26 bits per heavy atom. The minimum atomic E-state index is -0.249. The van der Waals surface area contributed by atoms with Gasteiger partial charge in [0.2, 0.25) is 0 Å². The van der Waals surface area contributed by atoms with Crippen molar-refractivity contribution in [3.05, 3.63) is 41.5 Å². The highest BCUT2D eigenvalue weighted by molar-refractivity contribution is 5.58. The average molecular weight is 260 g/mol. The summed E-state index contributed by atoms with van der Waals surface area (Å²) in [4.78, 5) is 8.50. The lowest BCUT2D eigenvalue weighted by atomic mass is 10.2. The molecule has 0 unspecified atom stereocenters. The van der Waals surface area contributed by atoms with Gasteiger partial charge in [0.05, 0.1) is 0 Å². The minimum absolute atomic E-state index is 0.249. The lowest BCUT2D eigenvalue weighted by molar-refractivity contribution is 0.619. The van der Waals surface area contributed by atoms with E-state index in [0.29, 0.717) is 28.7 Å². The Kier molecular flexibility index (Phi) is 3.94. The van der Waals surface area contributed by atoms with E-state index >= 15 is 0 Å². The third kappa shape index (κ3) is 3.40. The second kappa shape index (κ2) is 5.65. The first-order valence-electron chi connectivity index (χ1n) is 6.25. The Bertz CT molecular complexity index is 584. The lowest BCUT2D eigenvalue weighted by Gasteiger charge is -2.09. The molecule has 0 bridgehead atoms. The summed E-state index contributed by atoms with van der Waals surface area (Å²) in [6, 6.07) is 6.59. The van der Waals surface area contributed by atoms with Crippen LogP contribution in [0.15, 0.2) is 24.3 Å². The normalized spacial score (nSPS) is 10.5. The summed E-state index contributed by atoms with van der Waals surface area (Å²) >= 11 is 0. The highest BCUT2D eigenvalue weighted by Gasteiger charge is 2.04. The van der Waals surface area contributed by atoms with Crippen molar-refractivity contribution in [2.24, 2.45) is 0 Å². The van der Waals surface area contributed by atoms with Crippen LogP contribution < -0.4 is 11.1 Å². The molecule has 2 aromatic rings. The Morgan fingerprint density at radius 3 is 2.74 bits per heavy atom. The van der Waals surface area contributed by atoms with Gasteiger partial charge in [0.1, 0.15) is 23.3 Å². The van der Waals surface area contributed by atoms with Crippen LogP contribution in [0.3, 0.4) is 0 Å². The maximum Gasteiger partial charge on any atom is 0.136 e. The minimum Gasteiger partial charge on any atom is -0.384 e. The van der Waals surface area contributed by atoms with Gasteiger partial charge in [-0.2, -0.15) is 0 Å². The van der Waals surface area contributed by atoms with Crippen LogP contribution in [0.4, 0.5) is 21.7 Å². The van der Waals surface area contributed by atoms with E-state index in [1.807, 2.05) is 0 Å². The zero-order chi connectivity index (χ0) is 13.8. The quantitative estimate of drug-likeness (QED) is 0.886. The fourth-order valence-electron chi connectivity index (χ4n) is 1.74. The molecular formula is C14H17FN4. The number of aromatic nitrogens is 2. The molecule has 0 saturated carbocycles. The molecule has 0 aliphatic rings. The molecule has 0 fully saturated rings. The van der Waals surface area contributed by atoms with Gasteiger partial charge < -0.3 is 11.1 Å². The van der Waals surface area contributed by atoms with Crippen LogP contribution in [0.5, 0.6) is 0 Å². The molecule has 3 N–H and O–H groups in total. The SMILES string of the molecule is CCCc1nc(N)cc(Nc2ccc(C)c(F)c2)n1. The summed E-state index contributed by atoms with van der Waals surface area (Å²) in [5.74, 6) is 1.44. The number of anilines is 3. The number of hydrogen-bond donors (Lipinski definition) is 2. The van der Waals surface area contributed by atoms with Gasteiger partial charge in [-0.1, -0.05) is 13.0 Å². The van der Waals surface area contributed by atoms with Crippen LogP contribution in [-0.2, 0) is 6.42 Å². The van der Waals surface area contributed by atoms with Gasteiger partial charge in [-0.05, 0) is 31.0 Å². The zero-order valence-electron chi connectivity index (χ0n) is 11.1. The average Bonchev–Trinajstić information content (AvgIpc) is 2.33. The molecule has 100 valence electrons. The first kappa shape index (κ1) is 13.3. The van der Waals surface area contributed by atoms with Crippen molar-refractivity contribution in [1.29, 1.82) is 0 Å². The van der Waals surface area contributed by atoms with Crippen molar-refractivity contribution in [2.45, 2.75) is 26.7 Å². The van der Waals surface area contributed by atoms with Crippen LogP contribution in [0.25, 0.3) is 0 Å². The van der Waals surface area contributed by atoms with Gasteiger partial charge in [-0.3, -0.25) is 0 Å². The van der Waals surface area contributed by atoms with Gasteiger partial charge in [0.25, 0.3) is 0 Å². The Hall–Kier alpha value is -2.17. The highest BCUT2D eigenvalue weighted by atomic mass is 19.1. The molecule has 0 amide bonds. The van der Waals surface area contributed by atoms with Crippen LogP contribution in [-0.4, -0.2) is 9.97 Å². The molecule has 1 aromatic carbocycles. The standard InChI is InChI=1S/C14H17FN4/c1-3-4-13-18-12(16)8-14(19-13)17-10-6-5-9(2)11(15)7-10/h5-8H,3-4H2,1-2H3,(H3,16,17,18,19). The third-order valence-corrected chi connectivity index (χ3v) is 2.71. The second-order valence-electron chi connectivity index (χ2n) is 4.43. The molecule has 0 atom stereocenters. The first-order valence-corrected chi connectivity index (χ1v) is 6.25.